The van der Waals surface area contributed by atoms with Crippen molar-refractivity contribution in [2.24, 2.45) is 0 Å². The van der Waals surface area contributed by atoms with Gasteiger partial charge in [0.15, 0.2) is 6.10 Å². The molecule has 0 aliphatic heterocycles. The van der Waals surface area contributed by atoms with Gasteiger partial charge >= 0.3 is 12.1 Å². The fraction of sp³-hybridized carbons (Fsp3) is 0.467. The van der Waals surface area contributed by atoms with Gasteiger partial charge in [-0.3, -0.25) is 5.32 Å². The molecule has 0 aliphatic rings. The van der Waals surface area contributed by atoms with E-state index < -0.39 is 23.8 Å². The van der Waals surface area contributed by atoms with Gasteiger partial charge in [0.2, 0.25) is 0 Å². The summed E-state index contributed by atoms with van der Waals surface area (Å²) in [7, 11) is 0. The molecule has 0 fully saturated rings. The van der Waals surface area contributed by atoms with E-state index in [9.17, 15) is 14.7 Å². The lowest BCUT2D eigenvalue weighted by Gasteiger charge is -2.20. The van der Waals surface area contributed by atoms with Crippen molar-refractivity contribution >= 4 is 33.7 Å². The van der Waals surface area contributed by atoms with Crippen LogP contribution < -0.4 is 5.32 Å². The number of amides is 1. The van der Waals surface area contributed by atoms with E-state index in [0.29, 0.717) is 15.7 Å². The van der Waals surface area contributed by atoms with E-state index in [4.69, 9.17) is 9.47 Å². The number of hydrogen-bond acceptors (Lipinski definition) is 5. The molecule has 0 saturated carbocycles. The number of halogens is 1. The molecule has 1 amide bonds. The predicted molar refractivity (Wildman–Crippen MR) is 85.6 cm³/mol. The molecule has 0 aliphatic carbocycles. The van der Waals surface area contributed by atoms with Crippen molar-refractivity contribution in [2.75, 3.05) is 11.9 Å². The maximum Gasteiger partial charge on any atom is 0.412 e. The SMILES string of the molecule is CCOC(=O)C(O)c1ccc(Br)c(NC(=O)OC(C)(C)C)c1. The fourth-order valence-electron chi connectivity index (χ4n) is 1.58. The van der Waals surface area contributed by atoms with Gasteiger partial charge in [-0.05, 0) is 61.3 Å². The van der Waals surface area contributed by atoms with Crippen LogP contribution in [0.15, 0.2) is 22.7 Å². The Hall–Kier alpha value is -1.60. The van der Waals surface area contributed by atoms with E-state index in [1.54, 1.807) is 39.8 Å². The number of anilines is 1. The van der Waals surface area contributed by atoms with E-state index >= 15 is 0 Å². The second-order valence-electron chi connectivity index (χ2n) is 5.52. The van der Waals surface area contributed by atoms with Crippen LogP contribution in [-0.4, -0.2) is 29.4 Å². The molecule has 0 spiro atoms. The molecule has 0 bridgehead atoms. The number of carbonyl (C=O) groups is 2. The first-order valence-electron chi connectivity index (χ1n) is 6.78. The number of nitrogens with one attached hydrogen (secondary N) is 1. The molecule has 0 radical (unpaired) electrons. The van der Waals surface area contributed by atoms with Crippen molar-refractivity contribution in [3.05, 3.63) is 28.2 Å². The second-order valence-corrected chi connectivity index (χ2v) is 6.38. The predicted octanol–water partition coefficient (Wildman–Crippen LogP) is 3.39. The zero-order chi connectivity index (χ0) is 16.9. The molecule has 0 heterocycles. The van der Waals surface area contributed by atoms with Gasteiger partial charge in [-0.2, -0.15) is 0 Å². The first-order chi connectivity index (χ1) is 10.1. The minimum atomic E-state index is -1.41. The molecule has 1 aromatic rings. The average molecular weight is 374 g/mol. The molecule has 22 heavy (non-hydrogen) atoms. The molecule has 1 aromatic carbocycles. The quantitative estimate of drug-likeness (QED) is 0.790. The van der Waals surface area contributed by atoms with E-state index in [0.717, 1.165) is 0 Å². The minimum absolute atomic E-state index is 0.176. The standard InChI is InChI=1S/C15H20BrNO5/c1-5-21-13(19)12(18)9-6-7-10(16)11(8-9)17-14(20)22-15(2,3)4/h6-8,12,18H,5H2,1-4H3,(H,17,20). The third kappa shape index (κ3) is 5.65. The van der Waals surface area contributed by atoms with Crippen LogP contribution in [0.1, 0.15) is 39.4 Å². The Kier molecular flexibility index (Phi) is 6.37. The van der Waals surface area contributed by atoms with Gasteiger partial charge in [0, 0.05) is 4.47 Å². The van der Waals surface area contributed by atoms with Crippen LogP contribution in [0.2, 0.25) is 0 Å². The monoisotopic (exact) mass is 373 g/mol. The summed E-state index contributed by atoms with van der Waals surface area (Å²) >= 11 is 3.29. The van der Waals surface area contributed by atoms with Gasteiger partial charge < -0.3 is 14.6 Å². The summed E-state index contributed by atoms with van der Waals surface area (Å²) in [6, 6.07) is 4.66. The maximum absolute atomic E-state index is 11.8. The molecule has 1 atom stereocenters. The molecule has 7 heteroatoms. The van der Waals surface area contributed by atoms with Gasteiger partial charge in [0.25, 0.3) is 0 Å². The van der Waals surface area contributed by atoms with Gasteiger partial charge in [-0.15, -0.1) is 0 Å². The Balaban J connectivity index is 2.90. The highest BCUT2D eigenvalue weighted by molar-refractivity contribution is 9.10. The summed E-state index contributed by atoms with van der Waals surface area (Å²) in [5, 5.41) is 12.5. The summed E-state index contributed by atoms with van der Waals surface area (Å²) in [6.45, 7) is 7.09. The van der Waals surface area contributed by atoms with Crippen LogP contribution in [0.4, 0.5) is 10.5 Å². The van der Waals surface area contributed by atoms with E-state index in [1.807, 2.05) is 0 Å². The number of ether oxygens (including phenoxy) is 2. The van der Waals surface area contributed by atoms with Crippen LogP contribution in [0.25, 0.3) is 0 Å². The largest absolute Gasteiger partial charge is 0.464 e. The highest BCUT2D eigenvalue weighted by atomic mass is 79.9. The molecule has 2 N–H and O–H groups in total. The van der Waals surface area contributed by atoms with Crippen molar-refractivity contribution in [3.8, 4) is 0 Å². The Bertz CT molecular complexity index is 553. The van der Waals surface area contributed by atoms with Gasteiger partial charge in [0.1, 0.15) is 5.60 Å². The van der Waals surface area contributed by atoms with Crippen molar-refractivity contribution < 1.29 is 24.2 Å². The molecule has 6 nitrogen and oxygen atoms in total. The molecule has 0 aromatic heterocycles. The summed E-state index contributed by atoms with van der Waals surface area (Å²) in [5.41, 5.74) is 0.0707. The number of benzene rings is 1. The van der Waals surface area contributed by atoms with Crippen molar-refractivity contribution in [1.82, 2.24) is 0 Å². The molecular formula is C15H20BrNO5. The van der Waals surface area contributed by atoms with E-state index in [-0.39, 0.29) is 6.61 Å². The maximum atomic E-state index is 11.8. The lowest BCUT2D eigenvalue weighted by molar-refractivity contribution is -0.153. The van der Waals surface area contributed by atoms with Crippen LogP contribution in [0, 0.1) is 0 Å². The molecule has 122 valence electrons. The number of hydrogen-bond donors (Lipinski definition) is 2. The third-order valence-corrected chi connectivity index (χ3v) is 3.14. The summed E-state index contributed by atoms with van der Waals surface area (Å²) < 4.78 is 10.5. The minimum Gasteiger partial charge on any atom is -0.464 e. The summed E-state index contributed by atoms with van der Waals surface area (Å²) in [6.07, 6.45) is -2.04. The summed E-state index contributed by atoms with van der Waals surface area (Å²) in [5.74, 6) is -0.743. The highest BCUT2D eigenvalue weighted by Gasteiger charge is 2.21. The van der Waals surface area contributed by atoms with Crippen molar-refractivity contribution in [1.29, 1.82) is 0 Å². The third-order valence-electron chi connectivity index (χ3n) is 2.45. The summed E-state index contributed by atoms with van der Waals surface area (Å²) in [4.78, 5) is 23.3. The zero-order valence-corrected chi connectivity index (χ0v) is 14.6. The van der Waals surface area contributed by atoms with Gasteiger partial charge in [-0.25, -0.2) is 9.59 Å². The van der Waals surface area contributed by atoms with Gasteiger partial charge in [-0.1, -0.05) is 6.07 Å². The van der Waals surface area contributed by atoms with Gasteiger partial charge in [0.05, 0.1) is 12.3 Å². The number of esters is 1. The number of aliphatic hydroxyl groups excluding tert-OH is 1. The Labute approximate surface area is 137 Å². The van der Waals surface area contributed by atoms with E-state index in [1.165, 1.54) is 6.07 Å². The Morgan fingerprint density at radius 1 is 1.36 bits per heavy atom. The molecular weight excluding hydrogens is 354 g/mol. The first-order valence-corrected chi connectivity index (χ1v) is 7.57. The molecule has 1 unspecified atom stereocenters. The number of carbonyl (C=O) groups excluding carboxylic acids is 2. The lowest BCUT2D eigenvalue weighted by Crippen LogP contribution is -2.27. The first kappa shape index (κ1) is 18.4. The van der Waals surface area contributed by atoms with Crippen LogP contribution in [0.5, 0.6) is 0 Å². The van der Waals surface area contributed by atoms with Crippen molar-refractivity contribution in [2.45, 2.75) is 39.4 Å². The topological polar surface area (TPSA) is 84.9 Å². The Morgan fingerprint density at radius 3 is 2.55 bits per heavy atom. The van der Waals surface area contributed by atoms with Crippen molar-refractivity contribution in [3.63, 3.8) is 0 Å². The lowest BCUT2D eigenvalue weighted by atomic mass is 10.1. The van der Waals surface area contributed by atoms with Crippen LogP contribution in [0.3, 0.4) is 0 Å². The fourth-order valence-corrected chi connectivity index (χ4v) is 1.93. The number of rotatable bonds is 4. The highest BCUT2D eigenvalue weighted by Crippen LogP contribution is 2.27. The molecule has 1 rings (SSSR count). The Morgan fingerprint density at radius 2 is 2.00 bits per heavy atom. The average Bonchev–Trinajstić information content (AvgIpc) is 2.38. The van der Waals surface area contributed by atoms with E-state index in [2.05, 4.69) is 21.2 Å². The zero-order valence-electron chi connectivity index (χ0n) is 13.0. The second kappa shape index (κ2) is 7.60. The van der Waals surface area contributed by atoms with Crippen LogP contribution in [-0.2, 0) is 14.3 Å². The normalized spacial score (nSPS) is 12.5. The van der Waals surface area contributed by atoms with Crippen LogP contribution >= 0.6 is 15.9 Å². The molecule has 0 saturated heterocycles. The number of aliphatic hydroxyl groups is 1. The smallest absolute Gasteiger partial charge is 0.412 e.